The lowest BCUT2D eigenvalue weighted by Crippen LogP contribution is -2.31. The van der Waals surface area contributed by atoms with E-state index >= 15 is 0 Å². The second kappa shape index (κ2) is 11.9. The molecular formula is C23H37N5O. The maximum absolute atomic E-state index is 5.73. The summed E-state index contributed by atoms with van der Waals surface area (Å²) in [6.45, 7) is 8.34. The maximum Gasteiger partial charge on any atom is 0.108 e. The highest BCUT2D eigenvalue weighted by atomic mass is 16.5. The van der Waals surface area contributed by atoms with E-state index in [9.17, 15) is 0 Å². The molecule has 1 unspecified atom stereocenters. The summed E-state index contributed by atoms with van der Waals surface area (Å²) in [6, 6.07) is 6.35. The Morgan fingerprint density at radius 2 is 2.10 bits per heavy atom. The largest absolute Gasteiger partial charge is 0.385 e. The second-order valence-corrected chi connectivity index (χ2v) is 8.21. The zero-order chi connectivity index (χ0) is 20.3. The van der Waals surface area contributed by atoms with Gasteiger partial charge in [0.25, 0.3) is 0 Å². The summed E-state index contributed by atoms with van der Waals surface area (Å²) in [4.78, 5) is 7.11. The molecule has 0 aliphatic carbocycles. The van der Waals surface area contributed by atoms with E-state index < -0.39 is 0 Å². The van der Waals surface area contributed by atoms with Crippen molar-refractivity contribution in [2.75, 3.05) is 44.6 Å². The number of likely N-dealkylation sites (tertiary alicyclic amines) is 1. The molecule has 1 atom stereocenters. The van der Waals surface area contributed by atoms with Crippen molar-refractivity contribution in [1.29, 1.82) is 0 Å². The van der Waals surface area contributed by atoms with Crippen LogP contribution in [-0.4, -0.2) is 62.3 Å². The third-order valence-electron chi connectivity index (χ3n) is 5.87. The number of hydrogen-bond acceptors (Lipinski definition) is 6. The summed E-state index contributed by atoms with van der Waals surface area (Å²) in [5.74, 6) is 5.65. The number of aliphatic imine (C=N–C) groups is 1. The van der Waals surface area contributed by atoms with Crippen molar-refractivity contribution in [3.8, 4) is 0 Å². The van der Waals surface area contributed by atoms with Gasteiger partial charge in [0.05, 0.1) is 12.6 Å². The van der Waals surface area contributed by atoms with Gasteiger partial charge in [0.1, 0.15) is 5.71 Å². The highest BCUT2D eigenvalue weighted by Crippen LogP contribution is 2.17. The second-order valence-electron chi connectivity index (χ2n) is 8.21. The van der Waals surface area contributed by atoms with Gasteiger partial charge < -0.3 is 20.8 Å². The zero-order valence-corrected chi connectivity index (χ0v) is 17.9. The van der Waals surface area contributed by atoms with E-state index in [1.165, 1.54) is 51.7 Å². The van der Waals surface area contributed by atoms with E-state index in [1.807, 2.05) is 0 Å². The molecular weight excluding hydrogens is 362 g/mol. The number of nitrogens with one attached hydrogen (secondary N) is 1. The van der Waals surface area contributed by atoms with E-state index in [2.05, 4.69) is 45.4 Å². The number of benzene rings is 1. The average molecular weight is 400 g/mol. The molecule has 0 radical (unpaired) electrons. The smallest absolute Gasteiger partial charge is 0.108 e. The first-order valence-electron chi connectivity index (χ1n) is 11.2. The van der Waals surface area contributed by atoms with E-state index in [4.69, 9.17) is 10.6 Å². The molecule has 1 aromatic carbocycles. The molecule has 160 valence electrons. The molecule has 2 aliphatic rings. The first-order chi connectivity index (χ1) is 14.3. The number of nitrogens with two attached hydrogens (primary N) is 1. The third kappa shape index (κ3) is 7.12. The van der Waals surface area contributed by atoms with Crippen LogP contribution in [0.4, 0.5) is 5.69 Å². The molecule has 3 rings (SSSR count). The molecule has 2 aliphatic heterocycles. The van der Waals surface area contributed by atoms with Crippen LogP contribution in [0.2, 0.25) is 0 Å². The van der Waals surface area contributed by atoms with Crippen LogP contribution in [0.1, 0.15) is 56.1 Å². The molecule has 2 saturated heterocycles. The average Bonchev–Trinajstić information content (AvgIpc) is 2.76. The van der Waals surface area contributed by atoms with Crippen LogP contribution in [0.3, 0.4) is 0 Å². The summed E-state index contributed by atoms with van der Waals surface area (Å²) in [5, 5.41) is 7.51. The molecule has 3 N–H and O–H groups in total. The number of nitrogens with zero attached hydrogens (tertiary/aromatic N) is 3. The highest BCUT2D eigenvalue weighted by molar-refractivity contribution is 6.38. The standard InChI is InChI=1S/C23H37N5O/c1-19-16-20(26-11-7-14-28-12-4-2-5-13-28)9-10-22(19)23(27-24)18-25-17-21-8-3-6-15-29-21/h9-10,16,18,21,26H,2-8,11-15,17,24H2,1H3/b25-18?,27-23+. The van der Waals surface area contributed by atoms with Crippen LogP contribution < -0.4 is 11.2 Å². The van der Waals surface area contributed by atoms with Gasteiger partial charge in [0, 0.05) is 30.6 Å². The minimum Gasteiger partial charge on any atom is -0.385 e. The van der Waals surface area contributed by atoms with Crippen LogP contribution in [-0.2, 0) is 4.74 Å². The topological polar surface area (TPSA) is 75.2 Å². The Balaban J connectivity index is 1.46. The quantitative estimate of drug-likeness (QED) is 0.288. The Kier molecular flexibility index (Phi) is 8.96. The first kappa shape index (κ1) is 21.8. The fourth-order valence-electron chi connectivity index (χ4n) is 4.16. The molecule has 1 aromatic rings. The number of rotatable bonds is 9. The predicted molar refractivity (Wildman–Crippen MR) is 122 cm³/mol. The van der Waals surface area contributed by atoms with E-state index in [1.54, 1.807) is 6.21 Å². The van der Waals surface area contributed by atoms with Gasteiger partial charge in [-0.15, -0.1) is 0 Å². The van der Waals surface area contributed by atoms with Crippen molar-refractivity contribution in [2.24, 2.45) is 15.9 Å². The van der Waals surface area contributed by atoms with Crippen molar-refractivity contribution >= 4 is 17.6 Å². The van der Waals surface area contributed by atoms with Gasteiger partial charge in [0.15, 0.2) is 0 Å². The molecule has 0 bridgehead atoms. The van der Waals surface area contributed by atoms with Crippen molar-refractivity contribution in [1.82, 2.24) is 4.90 Å². The Morgan fingerprint density at radius 1 is 1.24 bits per heavy atom. The van der Waals surface area contributed by atoms with Crippen molar-refractivity contribution in [3.05, 3.63) is 29.3 Å². The van der Waals surface area contributed by atoms with Crippen LogP contribution in [0.25, 0.3) is 0 Å². The summed E-state index contributed by atoms with van der Waals surface area (Å²) in [6.07, 6.45) is 10.8. The summed E-state index contributed by atoms with van der Waals surface area (Å²) in [7, 11) is 0. The number of ether oxygens (including phenoxy) is 1. The van der Waals surface area contributed by atoms with Gasteiger partial charge in [-0.3, -0.25) is 4.99 Å². The van der Waals surface area contributed by atoms with Gasteiger partial charge in [-0.2, -0.15) is 5.10 Å². The Morgan fingerprint density at radius 3 is 2.83 bits per heavy atom. The minimum absolute atomic E-state index is 0.233. The van der Waals surface area contributed by atoms with Crippen molar-refractivity contribution in [3.63, 3.8) is 0 Å². The van der Waals surface area contributed by atoms with Crippen LogP contribution in [0, 0.1) is 6.92 Å². The van der Waals surface area contributed by atoms with Gasteiger partial charge >= 0.3 is 0 Å². The summed E-state index contributed by atoms with van der Waals surface area (Å²) >= 11 is 0. The molecule has 0 amide bonds. The maximum atomic E-state index is 5.73. The third-order valence-corrected chi connectivity index (χ3v) is 5.87. The zero-order valence-electron chi connectivity index (χ0n) is 17.9. The van der Waals surface area contributed by atoms with Gasteiger partial charge in [-0.25, -0.2) is 0 Å². The monoisotopic (exact) mass is 399 g/mol. The predicted octanol–water partition coefficient (Wildman–Crippen LogP) is 3.59. The van der Waals surface area contributed by atoms with Crippen molar-refractivity contribution in [2.45, 2.75) is 58.0 Å². The first-order valence-corrected chi connectivity index (χ1v) is 11.2. The SMILES string of the molecule is Cc1cc(NCCCN2CCCCC2)ccc1/C(C=NCC1CCCCO1)=N/N. The molecule has 0 saturated carbocycles. The molecule has 29 heavy (non-hydrogen) atoms. The van der Waals surface area contributed by atoms with E-state index in [-0.39, 0.29) is 6.10 Å². The molecule has 0 aromatic heterocycles. The van der Waals surface area contributed by atoms with Crippen LogP contribution in [0.5, 0.6) is 0 Å². The number of piperidine rings is 1. The van der Waals surface area contributed by atoms with Crippen LogP contribution >= 0.6 is 0 Å². The molecule has 0 spiro atoms. The van der Waals surface area contributed by atoms with Crippen molar-refractivity contribution < 1.29 is 4.74 Å². The number of anilines is 1. The lowest BCUT2D eigenvalue weighted by molar-refractivity contribution is 0.0226. The minimum atomic E-state index is 0.233. The van der Waals surface area contributed by atoms with Gasteiger partial charge in [0.2, 0.25) is 0 Å². The molecule has 2 heterocycles. The summed E-state index contributed by atoms with van der Waals surface area (Å²) < 4.78 is 5.73. The fourth-order valence-corrected chi connectivity index (χ4v) is 4.16. The van der Waals surface area contributed by atoms with Gasteiger partial charge in [-0.05, 0) is 82.8 Å². The number of aryl methyl sites for hydroxylation is 1. The van der Waals surface area contributed by atoms with E-state index in [0.717, 1.165) is 48.5 Å². The van der Waals surface area contributed by atoms with Gasteiger partial charge in [-0.1, -0.05) is 12.5 Å². The molecule has 6 nitrogen and oxygen atoms in total. The Bertz CT molecular complexity index is 676. The lowest BCUT2D eigenvalue weighted by atomic mass is 10.0. The van der Waals surface area contributed by atoms with Crippen LogP contribution in [0.15, 0.2) is 28.3 Å². The highest BCUT2D eigenvalue weighted by Gasteiger charge is 2.13. The Hall–Kier alpha value is -1.92. The number of hydrazone groups is 1. The van der Waals surface area contributed by atoms with E-state index in [0.29, 0.717) is 6.54 Å². The molecule has 6 heteroatoms. The lowest BCUT2D eigenvalue weighted by Gasteiger charge is -2.26. The Labute approximate surface area is 175 Å². The normalized spacial score (nSPS) is 21.6. The summed E-state index contributed by atoms with van der Waals surface area (Å²) in [5.41, 5.74) is 4.04. The number of hydrogen-bond donors (Lipinski definition) is 2. The molecule has 2 fully saturated rings. The fraction of sp³-hybridized carbons (Fsp3) is 0.652.